The molecule has 0 heterocycles. The Hall–Kier alpha value is -1.75. The average molecular weight is 265 g/mol. The first-order valence-electron chi connectivity index (χ1n) is 6.56. The summed E-state index contributed by atoms with van der Waals surface area (Å²) in [6.45, 7) is 8.14. The van der Waals surface area contributed by atoms with Crippen LogP contribution in [0.25, 0.3) is 0 Å². The van der Waals surface area contributed by atoms with E-state index < -0.39 is 5.97 Å². The van der Waals surface area contributed by atoms with E-state index in [2.05, 4.69) is 24.1 Å². The Morgan fingerprint density at radius 1 is 1.37 bits per heavy atom. The molecule has 0 spiro atoms. The third-order valence-electron chi connectivity index (χ3n) is 3.11. The van der Waals surface area contributed by atoms with Gasteiger partial charge in [0.2, 0.25) is 0 Å². The van der Waals surface area contributed by atoms with Crippen LogP contribution in [0.4, 0.5) is 11.4 Å². The second-order valence-electron chi connectivity index (χ2n) is 4.25. The Bertz CT molecular complexity index is 417. The minimum Gasteiger partial charge on any atom is -0.465 e. The summed E-state index contributed by atoms with van der Waals surface area (Å²) in [4.78, 5) is 13.8. The van der Waals surface area contributed by atoms with Crippen molar-refractivity contribution in [3.05, 3.63) is 23.8 Å². The summed E-state index contributed by atoms with van der Waals surface area (Å²) in [5, 5.41) is 3.29. The summed E-state index contributed by atoms with van der Waals surface area (Å²) in [5.74, 6) is -0.412. The Morgan fingerprint density at radius 2 is 2.05 bits per heavy atom. The van der Waals surface area contributed by atoms with Crippen LogP contribution in [0.1, 0.15) is 24.2 Å². The summed E-state index contributed by atoms with van der Waals surface area (Å²) in [5.41, 5.74) is 7.46. The van der Waals surface area contributed by atoms with E-state index in [0.717, 1.165) is 31.9 Å². The fourth-order valence-corrected chi connectivity index (χ4v) is 1.85. The summed E-state index contributed by atoms with van der Waals surface area (Å²) in [6.07, 6.45) is 0. The Morgan fingerprint density at radius 3 is 2.63 bits per heavy atom. The van der Waals surface area contributed by atoms with Crippen molar-refractivity contribution in [3.8, 4) is 0 Å². The quantitative estimate of drug-likeness (QED) is 0.581. The van der Waals surface area contributed by atoms with Crippen molar-refractivity contribution in [2.45, 2.75) is 13.8 Å². The van der Waals surface area contributed by atoms with Gasteiger partial charge in [0.05, 0.1) is 12.7 Å². The Kier molecular flexibility index (Phi) is 6.15. The molecule has 1 aromatic carbocycles. The monoisotopic (exact) mass is 265 g/mol. The number of rotatable bonds is 7. The van der Waals surface area contributed by atoms with Crippen molar-refractivity contribution >= 4 is 17.3 Å². The molecule has 5 heteroatoms. The lowest BCUT2D eigenvalue weighted by atomic mass is 10.1. The number of benzene rings is 1. The highest BCUT2D eigenvalue weighted by molar-refractivity contribution is 5.96. The molecule has 0 atom stereocenters. The van der Waals surface area contributed by atoms with Gasteiger partial charge in [-0.3, -0.25) is 0 Å². The molecule has 0 aliphatic rings. The van der Waals surface area contributed by atoms with Gasteiger partial charge < -0.3 is 20.7 Å². The maximum absolute atomic E-state index is 11.5. The lowest BCUT2D eigenvalue weighted by Gasteiger charge is -2.18. The molecule has 0 saturated carbocycles. The van der Waals surface area contributed by atoms with Gasteiger partial charge >= 0.3 is 5.97 Å². The molecule has 0 unspecified atom stereocenters. The van der Waals surface area contributed by atoms with Crippen molar-refractivity contribution in [1.82, 2.24) is 4.90 Å². The van der Waals surface area contributed by atoms with Gasteiger partial charge in [0, 0.05) is 24.5 Å². The molecule has 0 bridgehead atoms. The van der Waals surface area contributed by atoms with E-state index in [9.17, 15) is 4.79 Å². The number of anilines is 2. The number of methoxy groups -OCH3 is 1. The zero-order valence-corrected chi connectivity index (χ0v) is 11.9. The number of nitrogens with one attached hydrogen (secondary N) is 1. The van der Waals surface area contributed by atoms with E-state index in [1.54, 1.807) is 12.1 Å². The van der Waals surface area contributed by atoms with Crippen LogP contribution in [0.2, 0.25) is 0 Å². The number of carbonyl (C=O) groups is 1. The molecular formula is C14H23N3O2. The van der Waals surface area contributed by atoms with E-state index in [1.807, 2.05) is 6.07 Å². The summed E-state index contributed by atoms with van der Waals surface area (Å²) in [6, 6.07) is 5.30. The van der Waals surface area contributed by atoms with Gasteiger partial charge in [0.1, 0.15) is 0 Å². The molecule has 0 amide bonds. The van der Waals surface area contributed by atoms with Crippen LogP contribution in [0.3, 0.4) is 0 Å². The third kappa shape index (κ3) is 4.44. The van der Waals surface area contributed by atoms with Gasteiger partial charge in [-0.2, -0.15) is 0 Å². The number of likely N-dealkylation sites (N-methyl/N-ethyl adjacent to an activating group) is 1. The van der Waals surface area contributed by atoms with Crippen LogP contribution in [0.15, 0.2) is 18.2 Å². The second-order valence-corrected chi connectivity index (χ2v) is 4.25. The van der Waals surface area contributed by atoms with E-state index in [4.69, 9.17) is 10.5 Å². The summed E-state index contributed by atoms with van der Waals surface area (Å²) in [7, 11) is 1.35. The predicted molar refractivity (Wildman–Crippen MR) is 78.5 cm³/mol. The predicted octanol–water partition coefficient (Wildman–Crippen LogP) is 1.81. The largest absolute Gasteiger partial charge is 0.465 e. The number of esters is 1. The molecule has 3 N–H and O–H groups in total. The van der Waals surface area contributed by atoms with Gasteiger partial charge in [-0.15, -0.1) is 0 Å². The maximum atomic E-state index is 11.5. The first-order chi connectivity index (χ1) is 9.12. The molecule has 0 fully saturated rings. The first-order valence-corrected chi connectivity index (χ1v) is 6.56. The van der Waals surface area contributed by atoms with Crippen molar-refractivity contribution in [2.24, 2.45) is 0 Å². The lowest BCUT2D eigenvalue weighted by Crippen LogP contribution is -2.28. The van der Waals surface area contributed by atoms with Crippen molar-refractivity contribution in [3.63, 3.8) is 0 Å². The van der Waals surface area contributed by atoms with Crippen LogP contribution in [-0.4, -0.2) is 44.2 Å². The van der Waals surface area contributed by atoms with Gasteiger partial charge in [-0.25, -0.2) is 4.79 Å². The standard InChI is InChI=1S/C14H23N3O2/c1-4-17(5-2)9-8-16-11-6-7-13(15)12(10-11)14(18)19-3/h6-7,10,16H,4-5,8-9,15H2,1-3H3. The highest BCUT2D eigenvalue weighted by Crippen LogP contribution is 2.18. The van der Waals surface area contributed by atoms with Gasteiger partial charge in [-0.05, 0) is 31.3 Å². The molecule has 106 valence electrons. The second kappa shape index (κ2) is 7.63. The number of carbonyl (C=O) groups excluding carboxylic acids is 1. The fraction of sp³-hybridized carbons (Fsp3) is 0.500. The number of hydrogen-bond donors (Lipinski definition) is 2. The van der Waals surface area contributed by atoms with Crippen LogP contribution < -0.4 is 11.1 Å². The number of nitrogens with zero attached hydrogens (tertiary/aromatic N) is 1. The van der Waals surface area contributed by atoms with Gasteiger partial charge in [-0.1, -0.05) is 13.8 Å². The highest BCUT2D eigenvalue weighted by Gasteiger charge is 2.10. The maximum Gasteiger partial charge on any atom is 0.340 e. The average Bonchev–Trinajstić information content (AvgIpc) is 2.44. The Labute approximate surface area is 114 Å². The van der Waals surface area contributed by atoms with E-state index in [0.29, 0.717) is 11.3 Å². The van der Waals surface area contributed by atoms with Crippen molar-refractivity contribution in [1.29, 1.82) is 0 Å². The molecule has 19 heavy (non-hydrogen) atoms. The number of nitrogen functional groups attached to an aromatic ring is 1. The van der Waals surface area contributed by atoms with Crippen LogP contribution in [0, 0.1) is 0 Å². The molecule has 1 rings (SSSR count). The Balaban J connectivity index is 2.62. The summed E-state index contributed by atoms with van der Waals surface area (Å²) >= 11 is 0. The van der Waals surface area contributed by atoms with Crippen molar-refractivity contribution in [2.75, 3.05) is 44.3 Å². The molecular weight excluding hydrogens is 242 g/mol. The minimum absolute atomic E-state index is 0.398. The van der Waals surface area contributed by atoms with Crippen molar-refractivity contribution < 1.29 is 9.53 Å². The molecule has 0 aliphatic carbocycles. The first kappa shape index (κ1) is 15.3. The minimum atomic E-state index is -0.412. The SMILES string of the molecule is CCN(CC)CCNc1ccc(N)c(C(=O)OC)c1. The molecule has 5 nitrogen and oxygen atoms in total. The molecule has 0 aliphatic heterocycles. The van der Waals surface area contributed by atoms with Crippen LogP contribution in [-0.2, 0) is 4.74 Å². The van der Waals surface area contributed by atoms with Gasteiger partial charge in [0.15, 0.2) is 0 Å². The molecule has 0 aromatic heterocycles. The third-order valence-corrected chi connectivity index (χ3v) is 3.11. The molecule has 0 saturated heterocycles. The van der Waals surface area contributed by atoms with E-state index in [1.165, 1.54) is 7.11 Å². The topological polar surface area (TPSA) is 67.6 Å². The smallest absolute Gasteiger partial charge is 0.340 e. The highest BCUT2D eigenvalue weighted by atomic mass is 16.5. The van der Waals surface area contributed by atoms with Crippen LogP contribution in [0.5, 0.6) is 0 Å². The van der Waals surface area contributed by atoms with E-state index in [-0.39, 0.29) is 0 Å². The number of hydrogen-bond acceptors (Lipinski definition) is 5. The van der Waals surface area contributed by atoms with E-state index >= 15 is 0 Å². The summed E-state index contributed by atoms with van der Waals surface area (Å²) < 4.78 is 4.69. The zero-order valence-electron chi connectivity index (χ0n) is 11.9. The van der Waals surface area contributed by atoms with Gasteiger partial charge in [0.25, 0.3) is 0 Å². The molecule has 1 aromatic rings. The molecule has 0 radical (unpaired) electrons. The lowest BCUT2D eigenvalue weighted by molar-refractivity contribution is 0.0602. The number of nitrogens with two attached hydrogens (primary N) is 1. The zero-order chi connectivity index (χ0) is 14.3. The normalized spacial score (nSPS) is 10.5. The van der Waals surface area contributed by atoms with Crippen LogP contribution >= 0.6 is 0 Å². The fourth-order valence-electron chi connectivity index (χ4n) is 1.85. The number of ether oxygens (including phenoxy) is 1.